The van der Waals surface area contributed by atoms with Crippen molar-refractivity contribution in [1.82, 2.24) is 0 Å². The van der Waals surface area contributed by atoms with Crippen LogP contribution in [0.4, 0.5) is 18.9 Å². The summed E-state index contributed by atoms with van der Waals surface area (Å²) < 4.78 is 67.9. The lowest BCUT2D eigenvalue weighted by molar-refractivity contribution is -0.274. The molecule has 0 heterocycles. The minimum absolute atomic E-state index is 0.00398. The zero-order valence-corrected chi connectivity index (χ0v) is 16.2. The molecule has 0 aliphatic rings. The maximum absolute atomic E-state index is 12.1. The second-order valence-electron chi connectivity index (χ2n) is 5.61. The number of esters is 1. The molecule has 0 aliphatic carbocycles. The summed E-state index contributed by atoms with van der Waals surface area (Å²) in [5.41, 5.74) is -0.103. The molecule has 29 heavy (non-hydrogen) atoms. The highest BCUT2D eigenvalue weighted by atomic mass is 35.5. The molecule has 2 rings (SSSR count). The van der Waals surface area contributed by atoms with E-state index in [-0.39, 0.29) is 21.2 Å². The van der Waals surface area contributed by atoms with E-state index in [1.54, 1.807) is 0 Å². The first-order valence-corrected chi connectivity index (χ1v) is 9.94. The Bertz CT molecular complexity index is 1020. The number of halogens is 4. The molecule has 2 aromatic rings. The van der Waals surface area contributed by atoms with Crippen molar-refractivity contribution >= 4 is 39.0 Å². The van der Waals surface area contributed by atoms with E-state index < -0.39 is 40.4 Å². The fourth-order valence-corrected chi connectivity index (χ4v) is 2.84. The number of ether oxygens (including phenoxy) is 2. The minimum Gasteiger partial charge on any atom is -0.452 e. The molecule has 0 aliphatic heterocycles. The van der Waals surface area contributed by atoms with Gasteiger partial charge in [-0.1, -0.05) is 11.6 Å². The first kappa shape index (κ1) is 22.5. The summed E-state index contributed by atoms with van der Waals surface area (Å²) in [6.45, 7) is -0.737. The molecule has 7 nitrogen and oxygen atoms in total. The third kappa shape index (κ3) is 6.95. The van der Waals surface area contributed by atoms with Gasteiger partial charge < -0.3 is 14.8 Å². The van der Waals surface area contributed by atoms with Crippen LogP contribution in [0.15, 0.2) is 47.4 Å². The highest BCUT2D eigenvalue weighted by Gasteiger charge is 2.31. The molecule has 2 aromatic carbocycles. The van der Waals surface area contributed by atoms with Crippen LogP contribution in [-0.2, 0) is 19.4 Å². The van der Waals surface area contributed by atoms with Gasteiger partial charge in [-0.15, -0.1) is 13.2 Å². The van der Waals surface area contributed by atoms with E-state index in [0.29, 0.717) is 0 Å². The minimum atomic E-state index is -4.87. The van der Waals surface area contributed by atoms with Gasteiger partial charge in [0.1, 0.15) is 5.75 Å². The third-order valence-corrected chi connectivity index (χ3v) is 4.74. The second kappa shape index (κ2) is 8.70. The average Bonchev–Trinajstić information content (AvgIpc) is 2.60. The van der Waals surface area contributed by atoms with E-state index in [2.05, 4.69) is 10.1 Å². The number of carbonyl (C=O) groups is 2. The quantitative estimate of drug-likeness (QED) is 0.675. The fourth-order valence-electron chi connectivity index (χ4n) is 2.02. The Kier molecular flexibility index (Phi) is 6.75. The fraction of sp³-hybridized carbons (Fsp3) is 0.176. The number of anilines is 1. The lowest BCUT2D eigenvalue weighted by Crippen LogP contribution is -2.21. The number of benzene rings is 2. The number of nitrogens with one attached hydrogen (secondary N) is 1. The van der Waals surface area contributed by atoms with Crippen LogP contribution in [0.1, 0.15) is 10.4 Å². The summed E-state index contributed by atoms with van der Waals surface area (Å²) in [6, 6.07) is 7.60. The van der Waals surface area contributed by atoms with E-state index in [1.807, 2.05) is 0 Å². The number of hydrogen-bond acceptors (Lipinski definition) is 6. The van der Waals surface area contributed by atoms with Crippen LogP contribution >= 0.6 is 11.6 Å². The molecular formula is C17H13ClF3NO6S. The maximum atomic E-state index is 12.1. The molecule has 1 amide bonds. The number of sulfone groups is 1. The Labute approximate surface area is 168 Å². The van der Waals surface area contributed by atoms with Crippen LogP contribution in [0.5, 0.6) is 5.75 Å². The molecule has 0 radical (unpaired) electrons. The zero-order valence-electron chi connectivity index (χ0n) is 14.6. The number of carbonyl (C=O) groups excluding carboxylic acids is 2. The van der Waals surface area contributed by atoms with Gasteiger partial charge in [-0.2, -0.15) is 0 Å². The van der Waals surface area contributed by atoms with Crippen molar-refractivity contribution in [2.75, 3.05) is 18.2 Å². The molecule has 0 fully saturated rings. The monoisotopic (exact) mass is 451 g/mol. The number of rotatable bonds is 6. The van der Waals surface area contributed by atoms with E-state index >= 15 is 0 Å². The number of hydrogen-bond donors (Lipinski definition) is 1. The molecule has 0 bridgehead atoms. The van der Waals surface area contributed by atoms with Crippen LogP contribution in [-0.4, -0.2) is 39.5 Å². The van der Waals surface area contributed by atoms with Crippen molar-refractivity contribution in [2.45, 2.75) is 11.3 Å². The van der Waals surface area contributed by atoms with E-state index in [4.69, 9.17) is 16.3 Å². The molecule has 0 atom stereocenters. The second-order valence-corrected chi connectivity index (χ2v) is 8.03. The molecule has 0 saturated heterocycles. The van der Waals surface area contributed by atoms with E-state index in [9.17, 15) is 31.2 Å². The van der Waals surface area contributed by atoms with Gasteiger partial charge in [0.05, 0.1) is 21.2 Å². The van der Waals surface area contributed by atoms with Crippen molar-refractivity contribution in [3.8, 4) is 5.75 Å². The lowest BCUT2D eigenvalue weighted by atomic mass is 10.2. The third-order valence-electron chi connectivity index (χ3n) is 3.30. The van der Waals surface area contributed by atoms with Gasteiger partial charge in [0.2, 0.25) is 0 Å². The van der Waals surface area contributed by atoms with Crippen LogP contribution in [0, 0.1) is 0 Å². The van der Waals surface area contributed by atoms with Gasteiger partial charge in [0, 0.05) is 6.26 Å². The largest absolute Gasteiger partial charge is 0.573 e. The van der Waals surface area contributed by atoms with Gasteiger partial charge in [-0.3, -0.25) is 4.79 Å². The highest BCUT2D eigenvalue weighted by molar-refractivity contribution is 7.90. The van der Waals surface area contributed by atoms with Crippen LogP contribution in [0.2, 0.25) is 5.02 Å². The predicted octanol–water partition coefficient (Wildman–Crippen LogP) is 3.44. The topological polar surface area (TPSA) is 98.8 Å². The van der Waals surface area contributed by atoms with Crippen LogP contribution in [0.3, 0.4) is 0 Å². The normalized spacial score (nSPS) is 11.6. The molecule has 12 heteroatoms. The smallest absolute Gasteiger partial charge is 0.452 e. The van der Waals surface area contributed by atoms with Crippen LogP contribution < -0.4 is 10.1 Å². The van der Waals surface area contributed by atoms with E-state index in [1.165, 1.54) is 12.1 Å². The van der Waals surface area contributed by atoms with E-state index in [0.717, 1.165) is 36.6 Å². The van der Waals surface area contributed by atoms with Gasteiger partial charge >= 0.3 is 12.3 Å². The summed E-state index contributed by atoms with van der Waals surface area (Å²) >= 11 is 5.90. The molecule has 0 unspecified atom stereocenters. The Hall–Kier alpha value is -2.79. The molecule has 156 valence electrons. The van der Waals surface area contributed by atoms with Gasteiger partial charge in [-0.25, -0.2) is 13.2 Å². The van der Waals surface area contributed by atoms with Crippen molar-refractivity contribution < 1.29 is 40.7 Å². The summed E-state index contributed by atoms with van der Waals surface area (Å²) in [5, 5.41) is 2.37. The van der Waals surface area contributed by atoms with Crippen molar-refractivity contribution in [2.24, 2.45) is 0 Å². The first-order chi connectivity index (χ1) is 13.3. The Morgan fingerprint density at radius 1 is 1.10 bits per heavy atom. The zero-order chi connectivity index (χ0) is 21.8. The molecule has 1 N–H and O–H groups in total. The SMILES string of the molecule is CS(=O)(=O)c1ccc(Cl)c(NC(=O)COC(=O)c2ccc(OC(F)(F)F)cc2)c1. The molecule has 0 aromatic heterocycles. The standard InChI is InChI=1S/C17H13ClF3NO6S/c1-29(25,26)12-6-7-13(18)14(8-12)22-15(23)9-27-16(24)10-2-4-11(5-3-10)28-17(19,20)21/h2-8H,9H2,1H3,(H,22,23). The van der Waals surface area contributed by atoms with Crippen molar-refractivity contribution in [3.63, 3.8) is 0 Å². The Balaban J connectivity index is 1.96. The van der Waals surface area contributed by atoms with Gasteiger partial charge in [0.15, 0.2) is 16.4 Å². The number of amides is 1. The van der Waals surface area contributed by atoms with Crippen molar-refractivity contribution in [3.05, 3.63) is 53.1 Å². The summed E-state index contributed by atoms with van der Waals surface area (Å²) in [7, 11) is -3.53. The predicted molar refractivity (Wildman–Crippen MR) is 96.6 cm³/mol. The Morgan fingerprint density at radius 3 is 2.28 bits per heavy atom. The first-order valence-electron chi connectivity index (χ1n) is 7.67. The highest BCUT2D eigenvalue weighted by Crippen LogP contribution is 2.25. The summed E-state index contributed by atoms with van der Waals surface area (Å²) in [5.74, 6) is -2.29. The summed E-state index contributed by atoms with van der Waals surface area (Å²) in [6.07, 6.45) is -3.88. The molecular weight excluding hydrogens is 439 g/mol. The molecule has 0 saturated carbocycles. The van der Waals surface area contributed by atoms with Gasteiger partial charge in [-0.05, 0) is 42.5 Å². The van der Waals surface area contributed by atoms with Crippen molar-refractivity contribution in [1.29, 1.82) is 0 Å². The average molecular weight is 452 g/mol. The van der Waals surface area contributed by atoms with Gasteiger partial charge in [0.25, 0.3) is 5.91 Å². The Morgan fingerprint density at radius 2 is 1.72 bits per heavy atom. The molecule has 0 spiro atoms. The summed E-state index contributed by atoms with van der Waals surface area (Å²) in [4.78, 5) is 23.7. The lowest BCUT2D eigenvalue weighted by Gasteiger charge is -2.10. The number of alkyl halides is 3. The maximum Gasteiger partial charge on any atom is 0.573 e. The van der Waals surface area contributed by atoms with Crippen LogP contribution in [0.25, 0.3) is 0 Å².